The number of aromatic nitrogens is 2. The number of nitrogens with zero attached hydrogens (tertiary/aromatic N) is 2. The largest absolute Gasteiger partial charge is 0.462 e. The highest BCUT2D eigenvalue weighted by Crippen LogP contribution is 2.13. The average Bonchev–Trinajstić information content (AvgIpc) is 2.46. The molecule has 0 aliphatic heterocycles. The molecule has 0 amide bonds. The van der Waals surface area contributed by atoms with Gasteiger partial charge in [-0.3, -0.25) is 4.68 Å². The van der Waals surface area contributed by atoms with E-state index in [1.807, 2.05) is 0 Å². The van der Waals surface area contributed by atoms with Gasteiger partial charge in [0.05, 0.1) is 12.8 Å². The molecular formula is C7H11N3O4S. The van der Waals surface area contributed by atoms with Crippen LogP contribution in [-0.4, -0.2) is 30.8 Å². The van der Waals surface area contributed by atoms with Crippen molar-refractivity contribution in [1.82, 2.24) is 9.78 Å². The SMILES string of the molecule is CCOC(=O)c1cnn(C)c1S(N)(=O)=O. The Bertz CT molecular complexity index is 476. The van der Waals surface area contributed by atoms with Gasteiger partial charge in [-0.25, -0.2) is 18.4 Å². The molecule has 8 heteroatoms. The topological polar surface area (TPSA) is 104 Å². The molecule has 84 valence electrons. The van der Waals surface area contributed by atoms with Crippen molar-refractivity contribution in [3.63, 3.8) is 0 Å². The van der Waals surface area contributed by atoms with E-state index < -0.39 is 16.0 Å². The van der Waals surface area contributed by atoms with Crippen molar-refractivity contribution < 1.29 is 17.9 Å². The fourth-order valence-corrected chi connectivity index (χ4v) is 1.97. The second-order valence-corrected chi connectivity index (χ2v) is 4.23. The third-order valence-electron chi connectivity index (χ3n) is 1.65. The van der Waals surface area contributed by atoms with E-state index in [0.717, 1.165) is 10.9 Å². The molecule has 0 radical (unpaired) electrons. The van der Waals surface area contributed by atoms with E-state index in [-0.39, 0.29) is 17.2 Å². The van der Waals surface area contributed by atoms with Crippen LogP contribution in [0.15, 0.2) is 11.2 Å². The lowest BCUT2D eigenvalue weighted by atomic mass is 10.4. The van der Waals surface area contributed by atoms with Crippen LogP contribution >= 0.6 is 0 Å². The van der Waals surface area contributed by atoms with Crippen molar-refractivity contribution in [2.75, 3.05) is 6.61 Å². The second kappa shape index (κ2) is 3.99. The molecule has 1 aromatic rings. The van der Waals surface area contributed by atoms with Gasteiger partial charge in [-0.15, -0.1) is 0 Å². The number of esters is 1. The molecule has 1 heterocycles. The fourth-order valence-electron chi connectivity index (χ4n) is 1.11. The summed E-state index contributed by atoms with van der Waals surface area (Å²) in [5, 5.41) is 8.24. The number of carbonyl (C=O) groups excluding carboxylic acids is 1. The molecular weight excluding hydrogens is 222 g/mol. The lowest BCUT2D eigenvalue weighted by molar-refractivity contribution is 0.0521. The third kappa shape index (κ3) is 2.34. The average molecular weight is 233 g/mol. The van der Waals surface area contributed by atoms with Crippen LogP contribution in [0.5, 0.6) is 0 Å². The van der Waals surface area contributed by atoms with E-state index in [0.29, 0.717) is 0 Å². The zero-order chi connectivity index (χ0) is 11.6. The maximum atomic E-state index is 11.3. The van der Waals surface area contributed by atoms with Crippen LogP contribution in [0, 0.1) is 0 Å². The number of rotatable bonds is 3. The van der Waals surface area contributed by atoms with Crippen molar-refractivity contribution in [1.29, 1.82) is 0 Å². The molecule has 15 heavy (non-hydrogen) atoms. The third-order valence-corrected chi connectivity index (χ3v) is 2.67. The standard InChI is InChI=1S/C7H11N3O4S/c1-3-14-7(11)5-4-9-10(2)6(5)15(8,12)13/h4H,3H2,1-2H3,(H2,8,12,13). The Morgan fingerprint density at radius 2 is 2.27 bits per heavy atom. The highest BCUT2D eigenvalue weighted by atomic mass is 32.2. The molecule has 1 rings (SSSR count). The Hall–Kier alpha value is -1.41. The van der Waals surface area contributed by atoms with Crippen molar-refractivity contribution in [3.05, 3.63) is 11.8 Å². The first-order valence-corrected chi connectivity index (χ1v) is 5.64. The van der Waals surface area contributed by atoms with Gasteiger partial charge in [-0.05, 0) is 6.92 Å². The predicted octanol–water partition coefficient (Wildman–Crippen LogP) is -0.756. The van der Waals surface area contributed by atoms with Crippen molar-refractivity contribution in [2.24, 2.45) is 12.2 Å². The molecule has 0 aliphatic rings. The van der Waals surface area contributed by atoms with Gasteiger partial charge in [0.2, 0.25) is 0 Å². The summed E-state index contributed by atoms with van der Waals surface area (Å²) in [4.78, 5) is 11.3. The molecule has 1 aromatic heterocycles. The van der Waals surface area contributed by atoms with Crippen LogP contribution in [0.25, 0.3) is 0 Å². The van der Waals surface area contributed by atoms with Crippen LogP contribution in [0.2, 0.25) is 0 Å². The number of aryl methyl sites for hydroxylation is 1. The van der Waals surface area contributed by atoms with Crippen LogP contribution in [0.4, 0.5) is 0 Å². The Labute approximate surface area is 86.9 Å². The summed E-state index contributed by atoms with van der Waals surface area (Å²) in [6, 6.07) is 0. The number of carbonyl (C=O) groups is 1. The molecule has 0 aliphatic carbocycles. The summed E-state index contributed by atoms with van der Waals surface area (Å²) in [7, 11) is -2.61. The lowest BCUT2D eigenvalue weighted by Crippen LogP contribution is -2.20. The van der Waals surface area contributed by atoms with Gasteiger partial charge in [0.1, 0.15) is 5.56 Å². The maximum Gasteiger partial charge on any atom is 0.342 e. The highest BCUT2D eigenvalue weighted by Gasteiger charge is 2.24. The first-order valence-electron chi connectivity index (χ1n) is 4.09. The van der Waals surface area contributed by atoms with Gasteiger partial charge in [0, 0.05) is 7.05 Å². The van der Waals surface area contributed by atoms with Gasteiger partial charge >= 0.3 is 5.97 Å². The number of hydrogen-bond acceptors (Lipinski definition) is 5. The molecule has 0 saturated carbocycles. The number of hydrogen-bond donors (Lipinski definition) is 1. The molecule has 0 aromatic carbocycles. The van der Waals surface area contributed by atoms with Gasteiger partial charge in [0.15, 0.2) is 5.03 Å². The first kappa shape index (κ1) is 11.7. The lowest BCUT2D eigenvalue weighted by Gasteiger charge is -2.02. The summed E-state index contributed by atoms with van der Waals surface area (Å²) >= 11 is 0. The minimum absolute atomic E-state index is 0.151. The monoisotopic (exact) mass is 233 g/mol. The Kier molecular flexibility index (Phi) is 3.10. The van der Waals surface area contributed by atoms with Crippen molar-refractivity contribution >= 4 is 16.0 Å². The maximum absolute atomic E-state index is 11.3. The van der Waals surface area contributed by atoms with Gasteiger partial charge in [-0.2, -0.15) is 5.10 Å². The normalized spacial score (nSPS) is 11.4. The predicted molar refractivity (Wildman–Crippen MR) is 50.5 cm³/mol. The van der Waals surface area contributed by atoms with Crippen molar-refractivity contribution in [3.8, 4) is 0 Å². The zero-order valence-electron chi connectivity index (χ0n) is 8.30. The Morgan fingerprint density at radius 3 is 2.73 bits per heavy atom. The summed E-state index contributed by atoms with van der Waals surface area (Å²) in [6.07, 6.45) is 1.11. The molecule has 0 bridgehead atoms. The van der Waals surface area contributed by atoms with Crippen LogP contribution in [-0.2, 0) is 21.8 Å². The molecule has 0 unspecified atom stereocenters. The summed E-state index contributed by atoms with van der Waals surface area (Å²) in [5.41, 5.74) is -0.151. The van der Waals surface area contributed by atoms with E-state index in [1.165, 1.54) is 7.05 Å². The smallest absolute Gasteiger partial charge is 0.342 e. The molecule has 0 atom stereocenters. The summed E-state index contributed by atoms with van der Waals surface area (Å²) < 4.78 is 28.0. The highest BCUT2D eigenvalue weighted by molar-refractivity contribution is 7.89. The molecule has 0 fully saturated rings. The van der Waals surface area contributed by atoms with E-state index in [1.54, 1.807) is 6.92 Å². The quantitative estimate of drug-likeness (QED) is 0.691. The molecule has 2 N–H and O–H groups in total. The van der Waals surface area contributed by atoms with Gasteiger partial charge < -0.3 is 4.74 Å². The van der Waals surface area contributed by atoms with Crippen LogP contribution in [0.3, 0.4) is 0 Å². The Morgan fingerprint density at radius 1 is 1.67 bits per heavy atom. The van der Waals surface area contributed by atoms with E-state index in [2.05, 4.69) is 9.84 Å². The molecule has 0 spiro atoms. The fraction of sp³-hybridized carbons (Fsp3) is 0.429. The van der Waals surface area contributed by atoms with Crippen molar-refractivity contribution in [2.45, 2.75) is 11.9 Å². The van der Waals surface area contributed by atoms with E-state index in [9.17, 15) is 13.2 Å². The minimum atomic E-state index is -3.98. The van der Waals surface area contributed by atoms with Gasteiger partial charge in [-0.1, -0.05) is 0 Å². The molecule has 0 saturated heterocycles. The summed E-state index contributed by atoms with van der Waals surface area (Å²) in [5.74, 6) is -0.755. The van der Waals surface area contributed by atoms with E-state index >= 15 is 0 Å². The summed E-state index contributed by atoms with van der Waals surface area (Å²) in [6.45, 7) is 1.77. The number of ether oxygens (including phenoxy) is 1. The number of primary sulfonamides is 1. The van der Waals surface area contributed by atoms with Crippen LogP contribution < -0.4 is 5.14 Å². The molecule has 7 nitrogen and oxygen atoms in total. The Balaban J connectivity index is 3.27. The number of nitrogens with two attached hydrogens (primary N) is 1. The first-order chi connectivity index (χ1) is 6.88. The zero-order valence-corrected chi connectivity index (χ0v) is 9.11. The van der Waals surface area contributed by atoms with E-state index in [4.69, 9.17) is 5.14 Å². The van der Waals surface area contributed by atoms with Gasteiger partial charge in [0.25, 0.3) is 10.0 Å². The second-order valence-electron chi connectivity index (χ2n) is 2.75. The minimum Gasteiger partial charge on any atom is -0.462 e. The van der Waals surface area contributed by atoms with Crippen LogP contribution in [0.1, 0.15) is 17.3 Å². The number of sulfonamides is 1.